The molecule has 1 aromatic carbocycles. The predicted octanol–water partition coefficient (Wildman–Crippen LogP) is 1.38. The maximum absolute atomic E-state index is 13.3. The van der Waals surface area contributed by atoms with E-state index in [9.17, 15) is 14.5 Å². The summed E-state index contributed by atoms with van der Waals surface area (Å²) in [5.74, 6) is -0.486. The van der Waals surface area contributed by atoms with Crippen molar-refractivity contribution >= 4 is 11.4 Å². The Morgan fingerprint density at radius 3 is 2.63 bits per heavy atom. The first-order valence-electron chi connectivity index (χ1n) is 5.90. The van der Waals surface area contributed by atoms with Crippen LogP contribution in [-0.4, -0.2) is 42.5 Å². The second-order valence-corrected chi connectivity index (χ2v) is 4.31. The molecule has 6 nitrogen and oxygen atoms in total. The van der Waals surface area contributed by atoms with Crippen molar-refractivity contribution < 1.29 is 9.31 Å². The third-order valence-corrected chi connectivity index (χ3v) is 3.14. The standard InChI is InChI=1S/C12H13FN4O2/c13-10-1-2-11(17(18)19)12(9-10)16-7-5-15(4-3-14)6-8-16/h1-2,9H,4-8H2. The Hall–Kier alpha value is -2.20. The minimum absolute atomic E-state index is 0.0878. The highest BCUT2D eigenvalue weighted by molar-refractivity contribution is 5.63. The molecule has 1 fully saturated rings. The first-order valence-corrected chi connectivity index (χ1v) is 5.90. The molecule has 1 aliphatic rings. The molecule has 7 heteroatoms. The molecule has 0 aromatic heterocycles. The van der Waals surface area contributed by atoms with E-state index in [0.717, 1.165) is 6.07 Å². The summed E-state index contributed by atoms with van der Waals surface area (Å²) in [5.41, 5.74) is 0.219. The van der Waals surface area contributed by atoms with Crippen LogP contribution in [0.1, 0.15) is 0 Å². The minimum atomic E-state index is -0.504. The van der Waals surface area contributed by atoms with Gasteiger partial charge in [0.15, 0.2) is 0 Å². The Morgan fingerprint density at radius 2 is 2.05 bits per heavy atom. The number of rotatable bonds is 3. The zero-order chi connectivity index (χ0) is 13.8. The number of nitriles is 1. The van der Waals surface area contributed by atoms with Crippen molar-refractivity contribution in [3.8, 4) is 6.07 Å². The lowest BCUT2D eigenvalue weighted by molar-refractivity contribution is -0.384. The first kappa shape index (κ1) is 13.2. The largest absolute Gasteiger partial charge is 0.363 e. The number of nitrogens with zero attached hydrogens (tertiary/aromatic N) is 4. The van der Waals surface area contributed by atoms with Crippen molar-refractivity contribution in [2.24, 2.45) is 0 Å². The molecule has 2 rings (SSSR count). The molecule has 19 heavy (non-hydrogen) atoms. The number of hydrogen-bond acceptors (Lipinski definition) is 5. The summed E-state index contributed by atoms with van der Waals surface area (Å²) in [7, 11) is 0. The van der Waals surface area contributed by atoms with Crippen LogP contribution in [0.2, 0.25) is 0 Å². The van der Waals surface area contributed by atoms with Gasteiger partial charge in [-0.25, -0.2) is 4.39 Å². The van der Waals surface area contributed by atoms with Crippen LogP contribution in [0.25, 0.3) is 0 Å². The fourth-order valence-corrected chi connectivity index (χ4v) is 2.15. The predicted molar refractivity (Wildman–Crippen MR) is 67.3 cm³/mol. The first-order chi connectivity index (χ1) is 9.11. The molecule has 0 spiro atoms. The molecular formula is C12H13FN4O2. The molecule has 1 aromatic rings. The third kappa shape index (κ3) is 2.98. The summed E-state index contributed by atoms with van der Waals surface area (Å²) in [6.07, 6.45) is 0. The second-order valence-electron chi connectivity index (χ2n) is 4.31. The summed E-state index contributed by atoms with van der Waals surface area (Å²) < 4.78 is 13.3. The van der Waals surface area contributed by atoms with Gasteiger partial charge in [-0.15, -0.1) is 0 Å². The Kier molecular flexibility index (Phi) is 3.92. The van der Waals surface area contributed by atoms with E-state index in [-0.39, 0.29) is 5.69 Å². The maximum atomic E-state index is 13.3. The van der Waals surface area contributed by atoms with Crippen LogP contribution in [0.5, 0.6) is 0 Å². The number of benzene rings is 1. The fourth-order valence-electron chi connectivity index (χ4n) is 2.15. The highest BCUT2D eigenvalue weighted by Crippen LogP contribution is 2.29. The topological polar surface area (TPSA) is 73.4 Å². The molecule has 100 valence electrons. The lowest BCUT2D eigenvalue weighted by Crippen LogP contribution is -2.46. The van der Waals surface area contributed by atoms with E-state index in [1.165, 1.54) is 12.1 Å². The average Bonchev–Trinajstić information content (AvgIpc) is 2.39. The van der Waals surface area contributed by atoms with Gasteiger partial charge in [-0.05, 0) is 6.07 Å². The van der Waals surface area contributed by atoms with Gasteiger partial charge in [0.1, 0.15) is 11.5 Å². The number of hydrogen-bond donors (Lipinski definition) is 0. The van der Waals surface area contributed by atoms with Crippen molar-refractivity contribution in [3.05, 3.63) is 34.1 Å². The van der Waals surface area contributed by atoms with E-state index in [4.69, 9.17) is 5.26 Å². The number of piperazine rings is 1. The van der Waals surface area contributed by atoms with E-state index >= 15 is 0 Å². The minimum Gasteiger partial charge on any atom is -0.363 e. The van der Waals surface area contributed by atoms with Crippen LogP contribution in [-0.2, 0) is 0 Å². The van der Waals surface area contributed by atoms with E-state index in [2.05, 4.69) is 6.07 Å². The maximum Gasteiger partial charge on any atom is 0.292 e. The van der Waals surface area contributed by atoms with Gasteiger partial charge in [-0.3, -0.25) is 15.0 Å². The van der Waals surface area contributed by atoms with Crippen LogP contribution in [0.15, 0.2) is 18.2 Å². The van der Waals surface area contributed by atoms with Gasteiger partial charge in [0.05, 0.1) is 17.5 Å². The molecule has 0 unspecified atom stereocenters. The highest BCUT2D eigenvalue weighted by atomic mass is 19.1. The lowest BCUT2D eigenvalue weighted by atomic mass is 10.2. The van der Waals surface area contributed by atoms with Crippen molar-refractivity contribution in [2.75, 3.05) is 37.6 Å². The zero-order valence-electron chi connectivity index (χ0n) is 10.3. The van der Waals surface area contributed by atoms with Gasteiger partial charge in [-0.2, -0.15) is 5.26 Å². The highest BCUT2D eigenvalue weighted by Gasteiger charge is 2.23. The molecule has 1 saturated heterocycles. The molecule has 1 heterocycles. The van der Waals surface area contributed by atoms with Gasteiger partial charge < -0.3 is 4.90 Å². The van der Waals surface area contributed by atoms with Crippen molar-refractivity contribution in [1.82, 2.24) is 4.90 Å². The molecule has 0 bridgehead atoms. The van der Waals surface area contributed by atoms with Gasteiger partial charge in [-0.1, -0.05) is 0 Å². The van der Waals surface area contributed by atoms with Crippen LogP contribution in [0, 0.1) is 27.3 Å². The molecule has 0 atom stereocenters. The summed E-state index contributed by atoms with van der Waals surface area (Å²) in [4.78, 5) is 14.2. The number of nitro benzene ring substituents is 1. The quantitative estimate of drug-likeness (QED) is 0.468. The summed E-state index contributed by atoms with van der Waals surface area (Å²) in [6, 6.07) is 5.54. The third-order valence-electron chi connectivity index (χ3n) is 3.14. The Bertz CT molecular complexity index is 521. The van der Waals surface area contributed by atoms with Crippen molar-refractivity contribution in [1.29, 1.82) is 5.26 Å². The fraction of sp³-hybridized carbons (Fsp3) is 0.417. The van der Waals surface area contributed by atoms with E-state index in [0.29, 0.717) is 38.4 Å². The Labute approximate surface area is 109 Å². The number of anilines is 1. The molecule has 0 N–H and O–H groups in total. The van der Waals surface area contributed by atoms with Crippen LogP contribution in [0.3, 0.4) is 0 Å². The smallest absolute Gasteiger partial charge is 0.292 e. The van der Waals surface area contributed by atoms with Crippen molar-refractivity contribution in [3.63, 3.8) is 0 Å². The Morgan fingerprint density at radius 1 is 1.37 bits per heavy atom. The molecule has 1 aliphatic heterocycles. The molecule has 0 aliphatic carbocycles. The van der Waals surface area contributed by atoms with Crippen molar-refractivity contribution in [2.45, 2.75) is 0 Å². The van der Waals surface area contributed by atoms with Gasteiger partial charge in [0.2, 0.25) is 0 Å². The zero-order valence-corrected chi connectivity index (χ0v) is 10.3. The van der Waals surface area contributed by atoms with Gasteiger partial charge >= 0.3 is 0 Å². The monoisotopic (exact) mass is 264 g/mol. The van der Waals surface area contributed by atoms with E-state index in [1.807, 2.05) is 4.90 Å². The summed E-state index contributed by atoms with van der Waals surface area (Å²) in [6.45, 7) is 2.72. The lowest BCUT2D eigenvalue weighted by Gasteiger charge is -2.34. The van der Waals surface area contributed by atoms with Crippen LogP contribution in [0.4, 0.5) is 15.8 Å². The van der Waals surface area contributed by atoms with E-state index in [1.54, 1.807) is 4.90 Å². The Balaban J connectivity index is 2.17. The summed E-state index contributed by atoms with van der Waals surface area (Å²) in [5, 5.41) is 19.6. The average molecular weight is 264 g/mol. The number of nitro groups is 1. The van der Waals surface area contributed by atoms with Crippen LogP contribution >= 0.6 is 0 Å². The summed E-state index contributed by atoms with van der Waals surface area (Å²) >= 11 is 0. The molecule has 0 saturated carbocycles. The molecule has 0 radical (unpaired) electrons. The molecule has 0 amide bonds. The normalized spacial score (nSPS) is 16.1. The van der Waals surface area contributed by atoms with E-state index < -0.39 is 10.7 Å². The van der Waals surface area contributed by atoms with Crippen LogP contribution < -0.4 is 4.90 Å². The molecular weight excluding hydrogens is 251 g/mol. The van der Waals surface area contributed by atoms with Gasteiger partial charge in [0, 0.05) is 38.3 Å². The number of halogens is 1. The SMILES string of the molecule is N#CCN1CCN(c2cc(F)ccc2[N+](=O)[O-])CC1. The van der Waals surface area contributed by atoms with Gasteiger partial charge in [0.25, 0.3) is 5.69 Å². The second kappa shape index (κ2) is 5.63.